The minimum absolute atomic E-state index is 0.158. The summed E-state index contributed by atoms with van der Waals surface area (Å²) in [6, 6.07) is 18.0. The first-order valence-electron chi connectivity index (χ1n) is 11.6. The Morgan fingerprint density at radius 2 is 1.76 bits per heavy atom. The zero-order valence-corrected chi connectivity index (χ0v) is 22.6. The first kappa shape index (κ1) is 28.3. The van der Waals surface area contributed by atoms with Crippen molar-refractivity contribution in [3.8, 4) is 11.5 Å². The van der Waals surface area contributed by atoms with Gasteiger partial charge in [0.05, 0.1) is 30.6 Å². The summed E-state index contributed by atoms with van der Waals surface area (Å²) < 4.78 is 12.0. The van der Waals surface area contributed by atoms with Crippen LogP contribution in [0.1, 0.15) is 17.3 Å². The number of nitrogens with one attached hydrogen (secondary N) is 1. The van der Waals surface area contributed by atoms with Crippen molar-refractivity contribution in [3.05, 3.63) is 89.4 Å². The average molecular weight is 582 g/mol. The van der Waals surface area contributed by atoms with Gasteiger partial charge in [0.2, 0.25) is 5.91 Å². The molecule has 0 spiro atoms. The second-order valence-corrected chi connectivity index (χ2v) is 8.87. The van der Waals surface area contributed by atoms with Gasteiger partial charge in [-0.1, -0.05) is 18.2 Å². The van der Waals surface area contributed by atoms with Crippen molar-refractivity contribution in [3.63, 3.8) is 0 Å². The van der Waals surface area contributed by atoms with Crippen LogP contribution in [0.4, 0.5) is 21.9 Å². The van der Waals surface area contributed by atoms with Crippen molar-refractivity contribution in [1.29, 1.82) is 0 Å². The van der Waals surface area contributed by atoms with Crippen LogP contribution in [0.3, 0.4) is 0 Å². The van der Waals surface area contributed by atoms with E-state index < -0.39 is 5.97 Å². The number of hydrogen-bond donors (Lipinski definition) is 2. The van der Waals surface area contributed by atoms with E-state index in [9.17, 15) is 14.4 Å². The highest BCUT2D eigenvalue weighted by Crippen LogP contribution is 2.34. The van der Waals surface area contributed by atoms with Gasteiger partial charge >= 0.3 is 12.0 Å². The maximum absolute atomic E-state index is 13.2. The highest BCUT2D eigenvalue weighted by molar-refractivity contribution is 9.10. The predicted molar refractivity (Wildman–Crippen MR) is 151 cm³/mol. The summed E-state index contributed by atoms with van der Waals surface area (Å²) in [5.41, 5.74) is 1.83. The van der Waals surface area contributed by atoms with Crippen LogP contribution in [0, 0.1) is 0 Å². The molecule has 0 bridgehead atoms. The number of anilines is 3. The highest BCUT2D eigenvalue weighted by Gasteiger charge is 2.21. The van der Waals surface area contributed by atoms with Crippen LogP contribution in [-0.2, 0) is 4.79 Å². The summed E-state index contributed by atoms with van der Waals surface area (Å²) in [7, 11) is 1.49. The van der Waals surface area contributed by atoms with E-state index in [2.05, 4.69) is 27.8 Å². The molecule has 0 radical (unpaired) electrons. The summed E-state index contributed by atoms with van der Waals surface area (Å²) in [5, 5.41) is 11.9. The number of amides is 3. The van der Waals surface area contributed by atoms with Crippen molar-refractivity contribution in [2.24, 2.45) is 0 Å². The highest BCUT2D eigenvalue weighted by atomic mass is 79.9. The topological polar surface area (TPSA) is 108 Å². The zero-order valence-electron chi connectivity index (χ0n) is 21.0. The normalized spacial score (nSPS) is 10.3. The molecule has 0 saturated carbocycles. The van der Waals surface area contributed by atoms with E-state index in [4.69, 9.17) is 14.6 Å². The molecule has 10 heteroatoms. The van der Waals surface area contributed by atoms with Crippen LogP contribution >= 0.6 is 15.9 Å². The molecular formula is C28H28BrN3O6. The Balaban J connectivity index is 1.78. The third-order valence-corrected chi connectivity index (χ3v) is 6.19. The van der Waals surface area contributed by atoms with Crippen LogP contribution in [0.25, 0.3) is 0 Å². The molecule has 0 aliphatic rings. The lowest BCUT2D eigenvalue weighted by atomic mass is 10.2. The summed E-state index contributed by atoms with van der Waals surface area (Å²) in [6.07, 6.45) is 1.61. The fourth-order valence-corrected chi connectivity index (χ4v) is 4.02. The van der Waals surface area contributed by atoms with Gasteiger partial charge in [0.15, 0.2) is 0 Å². The summed E-state index contributed by atoms with van der Waals surface area (Å²) in [6.45, 7) is 5.83. The van der Waals surface area contributed by atoms with E-state index in [1.165, 1.54) is 36.0 Å². The molecule has 9 nitrogen and oxygen atoms in total. The quantitative estimate of drug-likeness (QED) is 0.276. The molecule has 0 unspecified atom stereocenters. The van der Waals surface area contributed by atoms with E-state index in [0.29, 0.717) is 28.6 Å². The molecular weight excluding hydrogens is 554 g/mol. The minimum atomic E-state index is -1.02. The molecule has 38 heavy (non-hydrogen) atoms. The van der Waals surface area contributed by atoms with Gasteiger partial charge < -0.3 is 24.8 Å². The Hall–Kier alpha value is -4.31. The van der Waals surface area contributed by atoms with Gasteiger partial charge in [-0.2, -0.15) is 0 Å². The summed E-state index contributed by atoms with van der Waals surface area (Å²) in [5.74, 6) is -0.348. The number of halogens is 1. The Labute approximate surface area is 229 Å². The SMILES string of the molecule is C=CCN(C(=O)Nc1ccccc1Br)c1ccc(N(CCOc2ccc(C(=O)O)cc2)C(C)=O)cc1OC. The number of carbonyl (C=O) groups excluding carboxylic acids is 2. The standard InChI is InChI=1S/C28H28BrN3O6/c1-4-15-32(28(36)30-24-8-6-5-7-23(24)29)25-14-11-21(18-26(25)37-3)31(19(2)33)16-17-38-22-12-9-20(10-13-22)27(34)35/h4-14,18H,1,15-17H2,2-3H3,(H,30,36)(H,34,35). The van der Waals surface area contributed by atoms with Crippen LogP contribution < -0.4 is 24.6 Å². The molecule has 3 aromatic carbocycles. The van der Waals surface area contributed by atoms with Gasteiger partial charge in [-0.3, -0.25) is 9.69 Å². The number of urea groups is 1. The molecule has 0 heterocycles. The van der Waals surface area contributed by atoms with Gasteiger partial charge in [-0.25, -0.2) is 9.59 Å². The smallest absolute Gasteiger partial charge is 0.335 e. The van der Waals surface area contributed by atoms with Crippen LogP contribution in [0.15, 0.2) is 83.9 Å². The number of benzene rings is 3. The fourth-order valence-electron chi connectivity index (χ4n) is 3.64. The minimum Gasteiger partial charge on any atom is -0.494 e. The first-order valence-corrected chi connectivity index (χ1v) is 12.4. The average Bonchev–Trinajstić information content (AvgIpc) is 2.91. The Kier molecular flexibility index (Phi) is 9.89. The van der Waals surface area contributed by atoms with Crippen molar-refractivity contribution in [2.45, 2.75) is 6.92 Å². The monoisotopic (exact) mass is 581 g/mol. The molecule has 3 rings (SSSR count). The molecule has 0 aliphatic heterocycles. The largest absolute Gasteiger partial charge is 0.494 e. The van der Waals surface area contributed by atoms with Crippen LogP contribution in [0.5, 0.6) is 11.5 Å². The van der Waals surface area contributed by atoms with Crippen molar-refractivity contribution >= 4 is 50.9 Å². The molecule has 3 aromatic rings. The number of carbonyl (C=O) groups is 3. The second-order valence-electron chi connectivity index (χ2n) is 8.01. The number of aromatic carboxylic acids is 1. The lowest BCUT2D eigenvalue weighted by molar-refractivity contribution is -0.116. The predicted octanol–water partition coefficient (Wildman–Crippen LogP) is 5.81. The molecule has 0 fully saturated rings. The first-order chi connectivity index (χ1) is 18.2. The molecule has 198 valence electrons. The molecule has 2 N–H and O–H groups in total. The molecule has 0 saturated heterocycles. The van der Waals surface area contributed by atoms with Crippen molar-refractivity contribution in [2.75, 3.05) is 41.9 Å². The Morgan fingerprint density at radius 3 is 2.37 bits per heavy atom. The van der Waals surface area contributed by atoms with E-state index in [-0.39, 0.29) is 37.2 Å². The third kappa shape index (κ3) is 7.13. The summed E-state index contributed by atoms with van der Waals surface area (Å²) in [4.78, 5) is 39.6. The van der Waals surface area contributed by atoms with E-state index in [1.807, 2.05) is 18.2 Å². The van der Waals surface area contributed by atoms with Crippen LogP contribution in [-0.4, -0.2) is 49.8 Å². The second kappa shape index (κ2) is 13.3. The van der Waals surface area contributed by atoms with E-state index >= 15 is 0 Å². The zero-order chi connectivity index (χ0) is 27.7. The maximum Gasteiger partial charge on any atom is 0.335 e. The lowest BCUT2D eigenvalue weighted by Gasteiger charge is -2.26. The van der Waals surface area contributed by atoms with Gasteiger partial charge in [-0.05, 0) is 64.5 Å². The Bertz CT molecular complexity index is 1310. The number of methoxy groups -OCH3 is 1. The van der Waals surface area contributed by atoms with Gasteiger partial charge in [-0.15, -0.1) is 6.58 Å². The molecule has 0 aromatic heterocycles. The number of rotatable bonds is 11. The summed E-state index contributed by atoms with van der Waals surface area (Å²) >= 11 is 3.43. The van der Waals surface area contributed by atoms with E-state index in [1.54, 1.807) is 42.5 Å². The van der Waals surface area contributed by atoms with Gasteiger partial charge in [0.1, 0.15) is 18.1 Å². The molecule has 3 amide bonds. The molecule has 0 atom stereocenters. The van der Waals surface area contributed by atoms with E-state index in [0.717, 1.165) is 4.47 Å². The number of hydrogen-bond acceptors (Lipinski definition) is 5. The number of nitrogens with zero attached hydrogens (tertiary/aromatic N) is 2. The van der Waals surface area contributed by atoms with Gasteiger partial charge in [0.25, 0.3) is 0 Å². The third-order valence-electron chi connectivity index (χ3n) is 5.50. The maximum atomic E-state index is 13.2. The lowest BCUT2D eigenvalue weighted by Crippen LogP contribution is -2.36. The number of para-hydroxylation sites is 1. The van der Waals surface area contributed by atoms with Crippen molar-refractivity contribution in [1.82, 2.24) is 0 Å². The number of ether oxygens (including phenoxy) is 2. The van der Waals surface area contributed by atoms with Crippen LogP contribution in [0.2, 0.25) is 0 Å². The van der Waals surface area contributed by atoms with Crippen molar-refractivity contribution < 1.29 is 29.0 Å². The Morgan fingerprint density at radius 1 is 1.05 bits per heavy atom. The van der Waals surface area contributed by atoms with Gasteiger partial charge in [0, 0.05) is 29.7 Å². The number of carboxylic acid groups (broad SMARTS) is 1. The molecule has 0 aliphatic carbocycles. The fraction of sp³-hybridized carbons (Fsp3) is 0.179. The number of carboxylic acids is 1.